The van der Waals surface area contributed by atoms with Crippen molar-refractivity contribution < 1.29 is 30.6 Å². The normalized spacial score (nSPS) is 16.1. The number of benzene rings is 1. The van der Waals surface area contributed by atoms with E-state index in [9.17, 15) is 30.9 Å². The maximum Gasteiger partial charge on any atom is 0.417 e. The number of anilines is 1. The summed E-state index contributed by atoms with van der Waals surface area (Å²) in [6, 6.07) is 2.90. The van der Waals surface area contributed by atoms with Crippen molar-refractivity contribution in [2.75, 3.05) is 17.2 Å². The van der Waals surface area contributed by atoms with Crippen LogP contribution in [0.1, 0.15) is 64.5 Å². The summed E-state index contributed by atoms with van der Waals surface area (Å²) in [7, 11) is -4.70. The first-order valence-electron chi connectivity index (χ1n) is 11.2. The molecule has 188 valence electrons. The average molecular weight is 501 g/mol. The molecule has 1 aliphatic rings. The summed E-state index contributed by atoms with van der Waals surface area (Å²) >= 11 is 0. The van der Waals surface area contributed by atoms with Gasteiger partial charge < -0.3 is 13.9 Å². The first-order valence-corrected chi connectivity index (χ1v) is 12.8. The number of nitrogens with zero attached hydrogens (tertiary/aromatic N) is 1. The van der Waals surface area contributed by atoms with E-state index in [2.05, 4.69) is 13.8 Å². The molecule has 3 rings (SSSR count). The van der Waals surface area contributed by atoms with Gasteiger partial charge in [0.15, 0.2) is 0 Å². The van der Waals surface area contributed by atoms with Gasteiger partial charge in [-0.3, -0.25) is 0 Å². The predicted octanol–water partition coefficient (Wildman–Crippen LogP) is 5.56. The Kier molecular flexibility index (Phi) is 7.24. The number of fused-ring (bicyclic) bond motifs is 2. The van der Waals surface area contributed by atoms with Gasteiger partial charge in [0, 0.05) is 35.3 Å². The molecule has 0 radical (unpaired) electrons. The van der Waals surface area contributed by atoms with Crippen LogP contribution in [-0.4, -0.2) is 30.8 Å². The zero-order valence-electron chi connectivity index (χ0n) is 19.7. The van der Waals surface area contributed by atoms with E-state index in [4.69, 9.17) is 4.42 Å². The summed E-state index contributed by atoms with van der Waals surface area (Å²) in [5, 5.41) is -0.364. The molecule has 1 aromatic heterocycles. The maximum absolute atomic E-state index is 13.6. The van der Waals surface area contributed by atoms with Crippen molar-refractivity contribution in [3.05, 3.63) is 45.8 Å². The van der Waals surface area contributed by atoms with Crippen LogP contribution in [0.25, 0.3) is 16.5 Å². The van der Waals surface area contributed by atoms with E-state index in [1.54, 1.807) is 6.08 Å². The third-order valence-electron chi connectivity index (χ3n) is 6.02. The molecular weight excluding hydrogens is 471 g/mol. The minimum atomic E-state index is -4.82. The molecule has 1 aromatic carbocycles. The zero-order chi connectivity index (χ0) is 25.5. The number of halogens is 3. The van der Waals surface area contributed by atoms with Crippen LogP contribution in [0.3, 0.4) is 0 Å². The molecule has 2 heterocycles. The molecular formula is C24H29F3NO5S-. The van der Waals surface area contributed by atoms with Gasteiger partial charge in [-0.05, 0) is 37.8 Å². The quantitative estimate of drug-likeness (QED) is 0.268. The van der Waals surface area contributed by atoms with Crippen molar-refractivity contribution in [1.82, 2.24) is 0 Å². The largest absolute Gasteiger partial charge is 0.748 e. The van der Waals surface area contributed by atoms with Gasteiger partial charge in [0.25, 0.3) is 0 Å². The van der Waals surface area contributed by atoms with Crippen LogP contribution in [0, 0.1) is 5.92 Å². The fourth-order valence-corrected chi connectivity index (χ4v) is 5.14. The lowest BCUT2D eigenvalue weighted by Gasteiger charge is -2.44. The van der Waals surface area contributed by atoms with Crippen LogP contribution in [0.15, 0.2) is 33.5 Å². The van der Waals surface area contributed by atoms with Gasteiger partial charge in [-0.25, -0.2) is 13.2 Å². The van der Waals surface area contributed by atoms with E-state index in [-0.39, 0.29) is 22.1 Å². The molecule has 0 N–H and O–H groups in total. The molecule has 1 aliphatic heterocycles. The van der Waals surface area contributed by atoms with Crippen LogP contribution < -0.4 is 10.5 Å². The lowest BCUT2D eigenvalue weighted by Crippen LogP contribution is -2.46. The second-order valence-corrected chi connectivity index (χ2v) is 11.2. The van der Waals surface area contributed by atoms with Crippen LogP contribution in [-0.2, 0) is 16.3 Å². The number of unbranched alkanes of at least 4 members (excludes halogenated alkanes) is 2. The van der Waals surface area contributed by atoms with Crippen LogP contribution >= 0.6 is 0 Å². The van der Waals surface area contributed by atoms with Gasteiger partial charge in [0.05, 0.1) is 27.0 Å². The SMILES string of the molecule is CC(C)CCCCCN1c2cc3oc(=O)cc(C(F)(F)F)c3cc2C(CS(=O)(=O)[O-])=CC1(C)C. The second-order valence-electron chi connectivity index (χ2n) is 9.76. The van der Waals surface area contributed by atoms with Gasteiger partial charge >= 0.3 is 11.8 Å². The lowest BCUT2D eigenvalue weighted by atomic mass is 9.87. The Hall–Kier alpha value is -2.33. The molecule has 6 nitrogen and oxygen atoms in total. The summed E-state index contributed by atoms with van der Waals surface area (Å²) in [6.45, 7) is 8.53. The molecule has 0 atom stereocenters. The maximum atomic E-state index is 13.6. The Morgan fingerprint density at radius 3 is 2.38 bits per heavy atom. The first-order chi connectivity index (χ1) is 15.6. The summed E-state index contributed by atoms with van der Waals surface area (Å²) in [5.41, 5.74) is -2.49. The number of hydrogen-bond donors (Lipinski definition) is 0. The molecule has 0 bridgehead atoms. The van der Waals surface area contributed by atoms with Gasteiger partial charge in [0.1, 0.15) is 5.58 Å². The van der Waals surface area contributed by atoms with Gasteiger partial charge in [-0.15, -0.1) is 0 Å². The van der Waals surface area contributed by atoms with E-state index >= 15 is 0 Å². The molecule has 2 aromatic rings. The zero-order valence-corrected chi connectivity index (χ0v) is 20.5. The summed E-state index contributed by atoms with van der Waals surface area (Å²) in [4.78, 5) is 13.8. The minimum absolute atomic E-state index is 0.132. The standard InChI is InChI=1S/C24H30F3NO5S/c1-15(2)8-6-5-7-9-28-20-12-21-18(19(24(25,26)27)11-22(29)33-21)10-17(20)16(13-23(28,3)4)14-34(30,31)32/h10-13,15H,5-9,14H2,1-4H3,(H,30,31,32)/p-1. The van der Waals surface area contributed by atoms with Crippen molar-refractivity contribution in [1.29, 1.82) is 0 Å². The fraction of sp³-hybridized carbons (Fsp3) is 0.542. The first kappa shape index (κ1) is 26.3. The molecule has 0 fully saturated rings. The van der Waals surface area contributed by atoms with Crippen molar-refractivity contribution in [3.8, 4) is 0 Å². The number of alkyl halides is 3. The van der Waals surface area contributed by atoms with Crippen LogP contribution in [0.5, 0.6) is 0 Å². The number of rotatable bonds is 8. The number of hydrogen-bond acceptors (Lipinski definition) is 6. The third-order valence-corrected chi connectivity index (χ3v) is 6.69. The van der Waals surface area contributed by atoms with Crippen molar-refractivity contribution in [2.24, 2.45) is 5.92 Å². The molecule has 0 unspecified atom stereocenters. The van der Waals surface area contributed by atoms with Crippen LogP contribution in [0.4, 0.5) is 18.9 Å². The van der Waals surface area contributed by atoms with Crippen LogP contribution in [0.2, 0.25) is 0 Å². The Morgan fingerprint density at radius 1 is 1.12 bits per heavy atom. The lowest BCUT2D eigenvalue weighted by molar-refractivity contribution is -0.136. The molecule has 34 heavy (non-hydrogen) atoms. The Labute approximate surface area is 197 Å². The highest BCUT2D eigenvalue weighted by molar-refractivity contribution is 7.86. The fourth-order valence-electron chi connectivity index (χ4n) is 4.52. The highest BCUT2D eigenvalue weighted by Crippen LogP contribution is 2.44. The second kappa shape index (κ2) is 9.37. The molecule has 0 saturated heterocycles. The Morgan fingerprint density at radius 2 is 1.79 bits per heavy atom. The molecule has 0 amide bonds. The van der Waals surface area contributed by atoms with E-state index in [1.165, 1.54) is 12.1 Å². The van der Waals surface area contributed by atoms with Crippen molar-refractivity contribution in [3.63, 3.8) is 0 Å². The molecule has 10 heteroatoms. The predicted molar refractivity (Wildman–Crippen MR) is 125 cm³/mol. The smallest absolute Gasteiger partial charge is 0.417 e. The molecule has 0 aliphatic carbocycles. The molecule has 0 saturated carbocycles. The summed E-state index contributed by atoms with van der Waals surface area (Å²) < 4.78 is 80.8. The topological polar surface area (TPSA) is 90.7 Å². The van der Waals surface area contributed by atoms with Crippen molar-refractivity contribution in [2.45, 2.75) is 65.1 Å². The third kappa shape index (κ3) is 6.02. The van der Waals surface area contributed by atoms with E-state index in [1.807, 2.05) is 18.7 Å². The van der Waals surface area contributed by atoms with E-state index < -0.39 is 38.8 Å². The van der Waals surface area contributed by atoms with E-state index in [0.29, 0.717) is 24.2 Å². The average Bonchev–Trinajstić information content (AvgIpc) is 2.65. The van der Waals surface area contributed by atoms with Crippen molar-refractivity contribution >= 4 is 32.3 Å². The highest BCUT2D eigenvalue weighted by atomic mass is 32.2. The van der Waals surface area contributed by atoms with Gasteiger partial charge in [-0.2, -0.15) is 13.2 Å². The van der Waals surface area contributed by atoms with E-state index in [0.717, 1.165) is 25.7 Å². The monoisotopic (exact) mass is 500 g/mol. The molecule has 0 spiro atoms. The van der Waals surface area contributed by atoms with Gasteiger partial charge in [-0.1, -0.05) is 39.2 Å². The summed E-state index contributed by atoms with van der Waals surface area (Å²) in [5.74, 6) is -0.265. The van der Waals surface area contributed by atoms with Gasteiger partial charge in [0.2, 0.25) is 0 Å². The Bertz CT molecular complexity index is 1260. The Balaban J connectivity index is 2.15. The highest BCUT2D eigenvalue weighted by Gasteiger charge is 2.37. The summed E-state index contributed by atoms with van der Waals surface area (Å²) in [6.07, 6.45) is 0.686. The minimum Gasteiger partial charge on any atom is -0.748 e.